The minimum atomic E-state index is 0. The van der Waals surface area contributed by atoms with Crippen molar-refractivity contribution in [1.82, 2.24) is 15.6 Å². The number of nitrogens with one attached hydrogen (secondary N) is 2. The van der Waals surface area contributed by atoms with Crippen molar-refractivity contribution in [2.45, 2.75) is 44.8 Å². The molecule has 0 saturated carbocycles. The molecule has 2 unspecified atom stereocenters. The summed E-state index contributed by atoms with van der Waals surface area (Å²) in [4.78, 5) is 9.09. The lowest BCUT2D eigenvalue weighted by molar-refractivity contribution is 0.504. The van der Waals surface area contributed by atoms with Crippen molar-refractivity contribution in [3.05, 3.63) is 30.1 Å². The van der Waals surface area contributed by atoms with Crippen LogP contribution in [0, 0.1) is 5.92 Å². The second kappa shape index (κ2) is 12.0. The Morgan fingerprint density at radius 1 is 1.42 bits per heavy atom. The van der Waals surface area contributed by atoms with Gasteiger partial charge in [0.1, 0.15) is 0 Å². The maximum atomic E-state index is 4.83. The molecule has 2 heterocycles. The van der Waals surface area contributed by atoms with Crippen LogP contribution in [0.1, 0.15) is 45.1 Å². The van der Waals surface area contributed by atoms with Crippen LogP contribution in [0.5, 0.6) is 0 Å². The van der Waals surface area contributed by atoms with Crippen molar-refractivity contribution in [1.29, 1.82) is 0 Å². The van der Waals surface area contributed by atoms with Crippen LogP contribution in [0.15, 0.2) is 29.5 Å². The van der Waals surface area contributed by atoms with E-state index in [4.69, 9.17) is 4.99 Å². The molecule has 2 atom stereocenters. The van der Waals surface area contributed by atoms with Gasteiger partial charge in [-0.25, -0.2) is 0 Å². The first-order valence-electron chi connectivity index (χ1n) is 8.74. The van der Waals surface area contributed by atoms with Crippen molar-refractivity contribution in [2.75, 3.05) is 25.4 Å². The van der Waals surface area contributed by atoms with E-state index in [0.717, 1.165) is 30.8 Å². The third-order valence-corrected chi connectivity index (χ3v) is 5.63. The van der Waals surface area contributed by atoms with Crippen LogP contribution in [0.25, 0.3) is 0 Å². The van der Waals surface area contributed by atoms with Crippen molar-refractivity contribution >= 4 is 41.7 Å². The van der Waals surface area contributed by atoms with E-state index in [1.54, 1.807) is 0 Å². The molecule has 0 amide bonds. The highest BCUT2D eigenvalue weighted by Gasteiger charge is 2.17. The highest BCUT2D eigenvalue weighted by Crippen LogP contribution is 2.25. The number of hydrogen-bond acceptors (Lipinski definition) is 3. The summed E-state index contributed by atoms with van der Waals surface area (Å²) in [5.41, 5.74) is 1.27. The van der Waals surface area contributed by atoms with Gasteiger partial charge in [0.25, 0.3) is 0 Å². The maximum Gasteiger partial charge on any atom is 0.191 e. The number of guanidine groups is 1. The van der Waals surface area contributed by atoms with Gasteiger partial charge in [0.2, 0.25) is 0 Å². The first kappa shape index (κ1) is 21.5. The zero-order chi connectivity index (χ0) is 16.5. The zero-order valence-corrected chi connectivity index (χ0v) is 18.1. The van der Waals surface area contributed by atoms with Gasteiger partial charge in [-0.2, -0.15) is 11.8 Å². The lowest BCUT2D eigenvalue weighted by Crippen LogP contribution is -2.40. The molecule has 0 bridgehead atoms. The summed E-state index contributed by atoms with van der Waals surface area (Å²) >= 11 is 2.08. The number of aromatic nitrogens is 1. The number of hydrogen-bond donors (Lipinski definition) is 2. The molecule has 0 radical (unpaired) electrons. The van der Waals surface area contributed by atoms with Crippen LogP contribution in [0.2, 0.25) is 0 Å². The molecule has 2 rings (SSSR count). The van der Waals surface area contributed by atoms with Crippen LogP contribution in [0.4, 0.5) is 0 Å². The van der Waals surface area contributed by atoms with E-state index in [0.29, 0.717) is 11.8 Å². The Bertz CT molecular complexity index is 475. The van der Waals surface area contributed by atoms with Gasteiger partial charge in [-0.3, -0.25) is 9.98 Å². The molecule has 2 N–H and O–H groups in total. The molecule has 1 fully saturated rings. The minimum absolute atomic E-state index is 0. The Morgan fingerprint density at radius 3 is 2.83 bits per heavy atom. The van der Waals surface area contributed by atoms with Crippen LogP contribution in [-0.2, 0) is 0 Å². The molecular formula is C18H31IN4S. The fourth-order valence-corrected chi connectivity index (χ4v) is 4.04. The molecule has 0 aliphatic carbocycles. The van der Waals surface area contributed by atoms with Gasteiger partial charge in [-0.05, 0) is 43.1 Å². The summed E-state index contributed by atoms with van der Waals surface area (Å²) < 4.78 is 0. The second-order valence-electron chi connectivity index (χ2n) is 6.37. The SMILES string of the molecule is CCNC(=NCC(c1cccnc1)C(C)C)NCC1CCCS1.I. The number of aliphatic imine (C=N–C) groups is 1. The van der Waals surface area contributed by atoms with Gasteiger partial charge in [-0.1, -0.05) is 19.9 Å². The van der Waals surface area contributed by atoms with Crippen LogP contribution in [-0.4, -0.2) is 41.6 Å². The Kier molecular flexibility index (Phi) is 10.7. The molecule has 24 heavy (non-hydrogen) atoms. The van der Waals surface area contributed by atoms with E-state index in [1.807, 2.05) is 18.5 Å². The normalized spacial score (nSPS) is 19.0. The van der Waals surface area contributed by atoms with E-state index in [1.165, 1.54) is 24.2 Å². The second-order valence-corrected chi connectivity index (χ2v) is 7.78. The van der Waals surface area contributed by atoms with Gasteiger partial charge in [0.05, 0.1) is 0 Å². The van der Waals surface area contributed by atoms with E-state index in [9.17, 15) is 0 Å². The topological polar surface area (TPSA) is 49.3 Å². The summed E-state index contributed by atoms with van der Waals surface area (Å²) in [5, 5.41) is 7.61. The maximum absolute atomic E-state index is 4.83. The summed E-state index contributed by atoms with van der Waals surface area (Å²) in [6.07, 6.45) is 6.47. The molecule has 1 saturated heterocycles. The monoisotopic (exact) mass is 462 g/mol. The van der Waals surface area contributed by atoms with Crippen molar-refractivity contribution in [3.63, 3.8) is 0 Å². The average Bonchev–Trinajstić information content (AvgIpc) is 3.07. The zero-order valence-electron chi connectivity index (χ0n) is 15.0. The molecule has 1 aromatic heterocycles. The van der Waals surface area contributed by atoms with Crippen molar-refractivity contribution < 1.29 is 0 Å². The standard InChI is InChI=1S/C18H30N4S.HI/c1-4-20-18(21-12-16-8-6-10-23-16)22-13-17(14(2)3)15-7-5-9-19-11-15;/h5,7,9,11,14,16-17H,4,6,8,10,12-13H2,1-3H3,(H2,20,21,22);1H. The van der Waals surface area contributed by atoms with Gasteiger partial charge < -0.3 is 10.6 Å². The molecule has 4 nitrogen and oxygen atoms in total. The Balaban J connectivity index is 0.00000288. The molecule has 6 heteroatoms. The van der Waals surface area contributed by atoms with E-state index in [2.05, 4.69) is 54.2 Å². The van der Waals surface area contributed by atoms with Gasteiger partial charge in [0.15, 0.2) is 5.96 Å². The largest absolute Gasteiger partial charge is 0.357 e. The lowest BCUT2D eigenvalue weighted by atomic mass is 9.89. The summed E-state index contributed by atoms with van der Waals surface area (Å²) in [6, 6.07) is 4.16. The number of rotatable bonds is 7. The Morgan fingerprint density at radius 2 is 2.25 bits per heavy atom. The molecule has 1 aromatic rings. The highest BCUT2D eigenvalue weighted by molar-refractivity contribution is 14.0. The molecule has 1 aliphatic heterocycles. The Labute approximate surface area is 168 Å². The smallest absolute Gasteiger partial charge is 0.191 e. The van der Waals surface area contributed by atoms with Crippen molar-refractivity contribution in [2.24, 2.45) is 10.9 Å². The van der Waals surface area contributed by atoms with Gasteiger partial charge in [0, 0.05) is 43.2 Å². The van der Waals surface area contributed by atoms with Crippen molar-refractivity contribution in [3.8, 4) is 0 Å². The minimum Gasteiger partial charge on any atom is -0.357 e. The highest BCUT2D eigenvalue weighted by atomic mass is 127. The number of nitrogens with zero attached hydrogens (tertiary/aromatic N) is 2. The number of thioether (sulfide) groups is 1. The average molecular weight is 462 g/mol. The van der Waals surface area contributed by atoms with E-state index >= 15 is 0 Å². The Hall–Kier alpha value is -0.500. The third kappa shape index (κ3) is 7.17. The predicted molar refractivity (Wildman–Crippen MR) is 117 cm³/mol. The first-order valence-corrected chi connectivity index (χ1v) is 9.79. The van der Waals surface area contributed by atoms with Crippen LogP contribution in [0.3, 0.4) is 0 Å². The van der Waals surface area contributed by atoms with E-state index < -0.39 is 0 Å². The molecule has 0 aromatic carbocycles. The third-order valence-electron chi connectivity index (χ3n) is 4.23. The fourth-order valence-electron chi connectivity index (χ4n) is 2.84. The van der Waals surface area contributed by atoms with Gasteiger partial charge in [-0.15, -0.1) is 24.0 Å². The molecule has 0 spiro atoms. The summed E-state index contributed by atoms with van der Waals surface area (Å²) in [6.45, 7) is 9.31. The number of pyridine rings is 1. The van der Waals surface area contributed by atoms with E-state index in [-0.39, 0.29) is 24.0 Å². The summed E-state index contributed by atoms with van der Waals surface area (Å²) in [5.74, 6) is 3.18. The first-order chi connectivity index (χ1) is 11.2. The molecular weight excluding hydrogens is 431 g/mol. The number of halogens is 1. The molecule has 1 aliphatic rings. The molecule has 136 valence electrons. The predicted octanol–water partition coefficient (Wildman–Crippen LogP) is 3.89. The summed E-state index contributed by atoms with van der Waals surface area (Å²) in [7, 11) is 0. The van der Waals surface area contributed by atoms with Crippen LogP contribution < -0.4 is 10.6 Å². The lowest BCUT2D eigenvalue weighted by Gasteiger charge is -2.20. The fraction of sp³-hybridized carbons (Fsp3) is 0.667. The van der Waals surface area contributed by atoms with Gasteiger partial charge >= 0.3 is 0 Å². The van der Waals surface area contributed by atoms with Crippen LogP contribution >= 0.6 is 35.7 Å². The quantitative estimate of drug-likeness (QED) is 0.367.